The molecule has 0 aromatic rings. The van der Waals surface area contributed by atoms with Crippen molar-refractivity contribution in [3.63, 3.8) is 0 Å². The van der Waals surface area contributed by atoms with Crippen LogP contribution < -0.4 is 0 Å². The van der Waals surface area contributed by atoms with Crippen LogP contribution in [-0.2, 0) is 0 Å². The van der Waals surface area contributed by atoms with E-state index in [1.807, 2.05) is 0 Å². The molecule has 0 saturated carbocycles. The highest BCUT2D eigenvalue weighted by Gasteiger charge is 2.72. The SMILES string of the molecule is CC(C)(C)C12CCCN1C1(CC2)C[N+](F)(F)C1. The normalized spacial score (nSPS) is 39.4. The molecular weight excluding hydrogens is 222 g/mol. The lowest BCUT2D eigenvalue weighted by Crippen LogP contribution is -2.73. The maximum absolute atomic E-state index is 13.2. The van der Waals surface area contributed by atoms with Gasteiger partial charge in [-0.25, -0.2) is 0 Å². The molecule has 1 spiro atoms. The van der Waals surface area contributed by atoms with Crippen molar-refractivity contribution in [3.8, 4) is 0 Å². The zero-order valence-electron chi connectivity index (χ0n) is 11.1. The van der Waals surface area contributed by atoms with Gasteiger partial charge in [-0.3, -0.25) is 4.90 Å². The van der Waals surface area contributed by atoms with Crippen LogP contribution in [0.2, 0.25) is 0 Å². The second-order valence-corrected chi connectivity index (χ2v) is 7.34. The first-order valence-corrected chi connectivity index (χ1v) is 6.75. The number of quaternary nitrogens is 1. The average Bonchev–Trinajstić information content (AvgIpc) is 2.63. The largest absolute Gasteiger partial charge is 0.281 e. The van der Waals surface area contributed by atoms with Crippen molar-refractivity contribution in [2.24, 2.45) is 5.41 Å². The second kappa shape index (κ2) is 3.02. The van der Waals surface area contributed by atoms with E-state index >= 15 is 0 Å². The van der Waals surface area contributed by atoms with Crippen LogP contribution in [0.3, 0.4) is 0 Å². The van der Waals surface area contributed by atoms with E-state index in [0.717, 1.165) is 19.4 Å². The molecule has 3 heterocycles. The van der Waals surface area contributed by atoms with Crippen molar-refractivity contribution in [1.29, 1.82) is 0 Å². The summed E-state index contributed by atoms with van der Waals surface area (Å²) in [5.74, 6) is 0. The lowest BCUT2D eigenvalue weighted by atomic mass is 9.71. The van der Waals surface area contributed by atoms with Gasteiger partial charge in [-0.2, -0.15) is 0 Å². The third-order valence-electron chi connectivity index (χ3n) is 5.51. The molecule has 3 fully saturated rings. The van der Waals surface area contributed by atoms with Crippen LogP contribution in [0.25, 0.3) is 0 Å². The quantitative estimate of drug-likeness (QED) is 0.593. The van der Waals surface area contributed by atoms with Crippen LogP contribution in [0.15, 0.2) is 0 Å². The summed E-state index contributed by atoms with van der Waals surface area (Å²) in [6.45, 7) is 7.94. The van der Waals surface area contributed by atoms with Gasteiger partial charge in [-0.1, -0.05) is 20.8 Å². The first kappa shape index (κ1) is 11.8. The Kier molecular flexibility index (Phi) is 2.11. The van der Waals surface area contributed by atoms with Gasteiger partial charge >= 0.3 is 0 Å². The summed E-state index contributed by atoms with van der Waals surface area (Å²) in [7, 11) is 0. The van der Waals surface area contributed by atoms with Gasteiger partial charge in [0, 0.05) is 14.5 Å². The number of hydrogen-bond donors (Lipinski definition) is 0. The predicted molar refractivity (Wildman–Crippen MR) is 62.3 cm³/mol. The van der Waals surface area contributed by atoms with Crippen molar-refractivity contribution < 1.29 is 13.9 Å². The summed E-state index contributed by atoms with van der Waals surface area (Å²) < 4.78 is 26.4. The molecule has 0 bridgehead atoms. The summed E-state index contributed by atoms with van der Waals surface area (Å²) in [5, 5.41) is 0. The minimum atomic E-state index is -1.77. The third-order valence-corrected chi connectivity index (χ3v) is 5.51. The lowest BCUT2D eigenvalue weighted by Gasteiger charge is -2.52. The Balaban J connectivity index is 1.91. The van der Waals surface area contributed by atoms with Crippen molar-refractivity contribution in [3.05, 3.63) is 0 Å². The van der Waals surface area contributed by atoms with Gasteiger partial charge < -0.3 is 0 Å². The van der Waals surface area contributed by atoms with E-state index in [9.17, 15) is 8.96 Å². The van der Waals surface area contributed by atoms with Crippen LogP contribution >= 0.6 is 0 Å². The van der Waals surface area contributed by atoms with Crippen molar-refractivity contribution in [2.75, 3.05) is 19.6 Å². The Morgan fingerprint density at radius 3 is 2.24 bits per heavy atom. The molecule has 98 valence electrons. The van der Waals surface area contributed by atoms with Crippen molar-refractivity contribution in [2.45, 2.75) is 57.5 Å². The monoisotopic (exact) mass is 245 g/mol. The molecular formula is C13H23F2N2+. The Hall–Kier alpha value is -0.220. The molecule has 0 amide bonds. The lowest BCUT2D eigenvalue weighted by molar-refractivity contribution is -1.20. The molecule has 0 aliphatic carbocycles. The average molecular weight is 245 g/mol. The molecule has 1 unspecified atom stereocenters. The fourth-order valence-electron chi connectivity index (χ4n) is 4.70. The molecule has 0 aromatic carbocycles. The second-order valence-electron chi connectivity index (χ2n) is 7.34. The van der Waals surface area contributed by atoms with Gasteiger partial charge in [0.15, 0.2) is 13.1 Å². The Labute approximate surface area is 102 Å². The van der Waals surface area contributed by atoms with Crippen LogP contribution in [0, 0.1) is 5.41 Å². The van der Waals surface area contributed by atoms with E-state index < -0.39 is 4.93 Å². The molecule has 3 rings (SSSR count). The molecule has 4 heteroatoms. The summed E-state index contributed by atoms with van der Waals surface area (Å²) in [5.41, 5.74) is 0.214. The van der Waals surface area contributed by atoms with Crippen molar-refractivity contribution >= 4 is 0 Å². The van der Waals surface area contributed by atoms with Crippen molar-refractivity contribution in [1.82, 2.24) is 4.90 Å². The van der Waals surface area contributed by atoms with E-state index in [1.165, 1.54) is 12.8 Å². The van der Waals surface area contributed by atoms with E-state index in [4.69, 9.17) is 0 Å². The van der Waals surface area contributed by atoms with Gasteiger partial charge in [-0.15, -0.1) is 0 Å². The van der Waals surface area contributed by atoms with Crippen LogP contribution in [0.1, 0.15) is 46.5 Å². The van der Waals surface area contributed by atoms with Gasteiger partial charge in [0.05, 0.1) is 4.93 Å². The summed E-state index contributed by atoms with van der Waals surface area (Å²) in [4.78, 5) is 0.701. The van der Waals surface area contributed by atoms with Gasteiger partial charge in [0.1, 0.15) is 5.54 Å². The molecule has 17 heavy (non-hydrogen) atoms. The fraction of sp³-hybridized carbons (Fsp3) is 1.00. The van der Waals surface area contributed by atoms with E-state index in [2.05, 4.69) is 25.7 Å². The molecule has 0 aromatic heterocycles. The van der Waals surface area contributed by atoms with Crippen LogP contribution in [0.5, 0.6) is 0 Å². The van der Waals surface area contributed by atoms with E-state index in [0.29, 0.717) is 0 Å². The molecule has 3 saturated heterocycles. The first-order valence-electron chi connectivity index (χ1n) is 6.75. The topological polar surface area (TPSA) is 3.24 Å². The highest BCUT2D eigenvalue weighted by molar-refractivity contribution is 5.17. The minimum absolute atomic E-state index is 0.0465. The smallest absolute Gasteiger partial charge is 0.179 e. The first-order chi connectivity index (χ1) is 7.71. The number of fused-ring (bicyclic) bond motifs is 2. The Morgan fingerprint density at radius 2 is 1.71 bits per heavy atom. The summed E-state index contributed by atoms with van der Waals surface area (Å²) >= 11 is 0. The Morgan fingerprint density at radius 1 is 1.06 bits per heavy atom. The van der Waals surface area contributed by atoms with Crippen LogP contribution in [-0.4, -0.2) is 40.5 Å². The Bertz CT molecular complexity index is 340. The molecule has 0 radical (unpaired) electrons. The summed E-state index contributed by atoms with van der Waals surface area (Å²) in [6.07, 6.45) is 4.45. The molecule has 0 N–H and O–H groups in total. The van der Waals surface area contributed by atoms with E-state index in [1.54, 1.807) is 0 Å². The molecule has 3 aliphatic rings. The molecule has 3 aliphatic heterocycles. The highest BCUT2D eigenvalue weighted by Crippen LogP contribution is 2.59. The van der Waals surface area contributed by atoms with Gasteiger partial charge in [0.25, 0.3) is 0 Å². The zero-order chi connectivity index (χ0) is 12.5. The highest BCUT2D eigenvalue weighted by atomic mass is 19.4. The molecule has 2 nitrogen and oxygen atoms in total. The maximum atomic E-state index is 13.2. The van der Waals surface area contributed by atoms with Gasteiger partial charge in [-0.05, 0) is 37.6 Å². The fourth-order valence-corrected chi connectivity index (χ4v) is 4.70. The minimum Gasteiger partial charge on any atom is -0.281 e. The predicted octanol–water partition coefficient (Wildman–Crippen LogP) is 3.00. The zero-order valence-corrected chi connectivity index (χ0v) is 11.1. The number of hydrogen-bond acceptors (Lipinski definition) is 1. The number of nitrogens with zero attached hydrogens (tertiary/aromatic N) is 2. The molecule has 1 atom stereocenters. The van der Waals surface area contributed by atoms with Crippen LogP contribution in [0.4, 0.5) is 8.96 Å². The summed E-state index contributed by atoms with van der Waals surface area (Å²) in [6, 6.07) is 0. The maximum Gasteiger partial charge on any atom is 0.179 e. The number of halogens is 2. The standard InChI is InChI=1S/C13H23F2N2/c1-11(2,3)13-5-4-8-16(13)12(6-7-13)9-17(14,15)10-12/h4-10H2,1-3H3/q+1. The van der Waals surface area contributed by atoms with E-state index in [-0.39, 0.29) is 29.6 Å². The third kappa shape index (κ3) is 1.37. The van der Waals surface area contributed by atoms with Gasteiger partial charge in [0.2, 0.25) is 0 Å². The number of rotatable bonds is 0.